The van der Waals surface area contributed by atoms with E-state index in [1.165, 1.54) is 19.3 Å². The third kappa shape index (κ3) is 4.07. The summed E-state index contributed by atoms with van der Waals surface area (Å²) >= 11 is 0. The van der Waals surface area contributed by atoms with Gasteiger partial charge in [-0.3, -0.25) is 9.88 Å². The summed E-state index contributed by atoms with van der Waals surface area (Å²) in [4.78, 5) is 16.3. The minimum atomic E-state index is 0.197. The Bertz CT molecular complexity index is 889. The summed E-state index contributed by atoms with van der Waals surface area (Å²) in [5.41, 5.74) is 2.81. The molecule has 6 heteroatoms. The molecule has 1 unspecified atom stereocenters. The van der Waals surface area contributed by atoms with Crippen LogP contribution in [0.1, 0.15) is 42.3 Å². The maximum atomic E-state index is 5.76. The quantitative estimate of drug-likeness (QED) is 0.687. The SMILES string of the molecule is Cc1nc(-c2ccccn2)nc(NCC(c2ccco2)N2CCCCC2)c1C. The first-order valence-corrected chi connectivity index (χ1v) is 10.0. The Morgan fingerprint density at radius 2 is 1.93 bits per heavy atom. The lowest BCUT2D eigenvalue weighted by Gasteiger charge is -2.33. The van der Waals surface area contributed by atoms with E-state index in [2.05, 4.69) is 33.2 Å². The molecule has 28 heavy (non-hydrogen) atoms. The van der Waals surface area contributed by atoms with Crippen molar-refractivity contribution >= 4 is 5.82 Å². The zero-order valence-electron chi connectivity index (χ0n) is 16.6. The van der Waals surface area contributed by atoms with Crippen LogP contribution in [0.4, 0.5) is 5.82 Å². The second-order valence-corrected chi connectivity index (χ2v) is 7.33. The fourth-order valence-electron chi connectivity index (χ4n) is 3.72. The van der Waals surface area contributed by atoms with E-state index in [-0.39, 0.29) is 6.04 Å². The lowest BCUT2D eigenvalue weighted by atomic mass is 10.1. The molecule has 4 rings (SSSR count). The fraction of sp³-hybridized carbons (Fsp3) is 0.409. The van der Waals surface area contributed by atoms with Gasteiger partial charge in [0.25, 0.3) is 0 Å². The smallest absolute Gasteiger partial charge is 0.180 e. The number of likely N-dealkylation sites (tertiary alicyclic amines) is 1. The number of anilines is 1. The first-order chi connectivity index (χ1) is 13.7. The van der Waals surface area contributed by atoms with Crippen LogP contribution in [0.2, 0.25) is 0 Å². The highest BCUT2D eigenvalue weighted by Crippen LogP contribution is 2.27. The molecule has 0 aliphatic carbocycles. The Balaban J connectivity index is 1.58. The standard InChI is InChI=1S/C22H27N5O/c1-16-17(2)25-22(18-9-4-5-11-23-18)26-21(16)24-15-19(20-10-8-14-28-20)27-12-6-3-7-13-27/h4-5,8-11,14,19H,3,6-7,12-13,15H2,1-2H3,(H,24,25,26). The summed E-state index contributed by atoms with van der Waals surface area (Å²) in [5, 5.41) is 3.57. The zero-order chi connectivity index (χ0) is 19.3. The Hall–Kier alpha value is -2.73. The van der Waals surface area contributed by atoms with Crippen LogP contribution in [-0.2, 0) is 0 Å². The van der Waals surface area contributed by atoms with E-state index >= 15 is 0 Å². The third-order valence-corrected chi connectivity index (χ3v) is 5.45. The van der Waals surface area contributed by atoms with Crippen molar-refractivity contribution in [1.29, 1.82) is 0 Å². The molecule has 4 heterocycles. The van der Waals surface area contributed by atoms with E-state index in [1.807, 2.05) is 31.2 Å². The summed E-state index contributed by atoms with van der Waals surface area (Å²) in [5.74, 6) is 2.52. The third-order valence-electron chi connectivity index (χ3n) is 5.45. The van der Waals surface area contributed by atoms with Crippen molar-refractivity contribution < 1.29 is 4.42 Å². The van der Waals surface area contributed by atoms with Gasteiger partial charge < -0.3 is 9.73 Å². The summed E-state index contributed by atoms with van der Waals surface area (Å²) < 4.78 is 5.76. The molecule has 1 fully saturated rings. The highest BCUT2D eigenvalue weighted by molar-refractivity contribution is 5.56. The second kappa shape index (κ2) is 8.52. The van der Waals surface area contributed by atoms with Crippen LogP contribution in [0, 0.1) is 13.8 Å². The van der Waals surface area contributed by atoms with Crippen LogP contribution < -0.4 is 5.32 Å². The van der Waals surface area contributed by atoms with Gasteiger partial charge in [-0.05, 0) is 64.0 Å². The van der Waals surface area contributed by atoms with Gasteiger partial charge in [0.1, 0.15) is 17.3 Å². The number of pyridine rings is 1. The Kier molecular flexibility index (Phi) is 5.67. The van der Waals surface area contributed by atoms with E-state index < -0.39 is 0 Å². The van der Waals surface area contributed by atoms with Gasteiger partial charge in [-0.1, -0.05) is 12.5 Å². The molecule has 6 nitrogen and oxygen atoms in total. The fourth-order valence-corrected chi connectivity index (χ4v) is 3.72. The minimum Gasteiger partial charge on any atom is -0.468 e. The van der Waals surface area contributed by atoms with Crippen molar-refractivity contribution in [1.82, 2.24) is 19.9 Å². The van der Waals surface area contributed by atoms with Gasteiger partial charge >= 0.3 is 0 Å². The van der Waals surface area contributed by atoms with E-state index in [0.29, 0.717) is 5.82 Å². The van der Waals surface area contributed by atoms with Crippen LogP contribution in [-0.4, -0.2) is 39.5 Å². The number of furan rings is 1. The van der Waals surface area contributed by atoms with Gasteiger partial charge in [0, 0.05) is 24.0 Å². The maximum Gasteiger partial charge on any atom is 0.180 e. The normalized spacial score (nSPS) is 16.1. The Labute approximate surface area is 166 Å². The summed E-state index contributed by atoms with van der Waals surface area (Å²) in [6, 6.07) is 10.0. The van der Waals surface area contributed by atoms with Crippen LogP contribution in [0.5, 0.6) is 0 Å². The van der Waals surface area contributed by atoms with Gasteiger partial charge in [0.05, 0.1) is 12.3 Å². The molecule has 0 aromatic carbocycles. The van der Waals surface area contributed by atoms with Gasteiger partial charge in [0.15, 0.2) is 5.82 Å². The number of hydrogen-bond donors (Lipinski definition) is 1. The van der Waals surface area contributed by atoms with Gasteiger partial charge in [-0.25, -0.2) is 9.97 Å². The monoisotopic (exact) mass is 377 g/mol. The van der Waals surface area contributed by atoms with Gasteiger partial charge in [-0.15, -0.1) is 0 Å². The summed E-state index contributed by atoms with van der Waals surface area (Å²) in [6.45, 7) is 7.03. The van der Waals surface area contributed by atoms with Crippen molar-refractivity contribution in [3.63, 3.8) is 0 Å². The predicted octanol–water partition coefficient (Wildman–Crippen LogP) is 4.39. The van der Waals surface area contributed by atoms with Crippen molar-refractivity contribution in [3.05, 3.63) is 59.8 Å². The summed E-state index contributed by atoms with van der Waals surface area (Å²) in [7, 11) is 0. The minimum absolute atomic E-state index is 0.197. The number of aromatic nitrogens is 3. The van der Waals surface area contributed by atoms with Crippen LogP contribution in [0.15, 0.2) is 47.2 Å². The molecule has 146 valence electrons. The van der Waals surface area contributed by atoms with Gasteiger partial charge in [0.2, 0.25) is 0 Å². The van der Waals surface area contributed by atoms with E-state index in [4.69, 9.17) is 9.40 Å². The van der Waals surface area contributed by atoms with Crippen LogP contribution >= 0.6 is 0 Å². The molecule has 0 radical (unpaired) electrons. The number of aryl methyl sites for hydroxylation is 1. The lowest BCUT2D eigenvalue weighted by molar-refractivity contribution is 0.153. The molecular formula is C22H27N5O. The zero-order valence-corrected chi connectivity index (χ0v) is 16.6. The van der Waals surface area contributed by atoms with Crippen LogP contribution in [0.25, 0.3) is 11.5 Å². The average molecular weight is 377 g/mol. The topological polar surface area (TPSA) is 67.1 Å². The molecule has 1 atom stereocenters. The number of hydrogen-bond acceptors (Lipinski definition) is 6. The van der Waals surface area contributed by atoms with Crippen molar-refractivity contribution in [2.75, 3.05) is 25.0 Å². The van der Waals surface area contributed by atoms with Crippen molar-refractivity contribution in [2.24, 2.45) is 0 Å². The number of nitrogens with zero attached hydrogens (tertiary/aromatic N) is 4. The lowest BCUT2D eigenvalue weighted by Crippen LogP contribution is -2.37. The molecule has 3 aromatic rings. The molecule has 0 spiro atoms. The maximum absolute atomic E-state index is 5.76. The molecule has 0 amide bonds. The first-order valence-electron chi connectivity index (χ1n) is 10.0. The number of nitrogens with one attached hydrogen (secondary N) is 1. The van der Waals surface area contributed by atoms with Crippen LogP contribution in [0.3, 0.4) is 0 Å². The highest BCUT2D eigenvalue weighted by atomic mass is 16.3. The Morgan fingerprint density at radius 3 is 2.64 bits per heavy atom. The highest BCUT2D eigenvalue weighted by Gasteiger charge is 2.25. The molecule has 1 aliphatic rings. The Morgan fingerprint density at radius 1 is 1.07 bits per heavy atom. The molecule has 1 saturated heterocycles. The van der Waals surface area contributed by atoms with E-state index in [0.717, 1.165) is 48.2 Å². The molecule has 0 saturated carbocycles. The second-order valence-electron chi connectivity index (χ2n) is 7.33. The van der Waals surface area contributed by atoms with Crippen molar-refractivity contribution in [2.45, 2.75) is 39.2 Å². The molecule has 1 N–H and O–H groups in total. The van der Waals surface area contributed by atoms with Crippen molar-refractivity contribution in [3.8, 4) is 11.5 Å². The summed E-state index contributed by atoms with van der Waals surface area (Å²) in [6.07, 6.45) is 7.32. The molecule has 0 bridgehead atoms. The first kappa shape index (κ1) is 18.6. The van der Waals surface area contributed by atoms with E-state index in [9.17, 15) is 0 Å². The van der Waals surface area contributed by atoms with E-state index in [1.54, 1.807) is 12.5 Å². The number of piperidine rings is 1. The molecular weight excluding hydrogens is 350 g/mol. The molecule has 3 aromatic heterocycles. The number of rotatable bonds is 6. The predicted molar refractivity (Wildman–Crippen MR) is 110 cm³/mol. The van der Waals surface area contributed by atoms with Gasteiger partial charge in [-0.2, -0.15) is 0 Å². The largest absolute Gasteiger partial charge is 0.468 e. The molecule has 1 aliphatic heterocycles. The average Bonchev–Trinajstić information content (AvgIpc) is 3.27.